The predicted molar refractivity (Wildman–Crippen MR) is 94.5 cm³/mol. The normalized spacial score (nSPS) is 21.3. The summed E-state index contributed by atoms with van der Waals surface area (Å²) in [6.07, 6.45) is 0.725. The van der Waals surface area contributed by atoms with Crippen molar-refractivity contribution in [1.29, 1.82) is 0 Å². The number of carbonyl (C=O) groups is 1. The van der Waals surface area contributed by atoms with E-state index in [1.54, 1.807) is 30.3 Å². The number of amides is 1. The molecule has 0 spiro atoms. The van der Waals surface area contributed by atoms with Gasteiger partial charge in [-0.25, -0.2) is 4.39 Å². The number of ether oxygens (including phenoxy) is 3. The van der Waals surface area contributed by atoms with Gasteiger partial charge in [-0.3, -0.25) is 4.79 Å². The van der Waals surface area contributed by atoms with Crippen LogP contribution in [-0.2, 0) is 0 Å². The lowest BCUT2D eigenvalue weighted by Crippen LogP contribution is -2.41. The first-order valence-corrected chi connectivity index (χ1v) is 8.77. The van der Waals surface area contributed by atoms with E-state index in [-0.39, 0.29) is 30.5 Å². The number of carbonyl (C=O) groups excluding carboxylic acids is 1. The van der Waals surface area contributed by atoms with Crippen LogP contribution in [0.5, 0.6) is 17.2 Å². The second-order valence-electron chi connectivity index (χ2n) is 6.80. The number of fused-ring (bicyclic) bond motifs is 1. The fourth-order valence-corrected chi connectivity index (χ4v) is 3.51. The first-order valence-electron chi connectivity index (χ1n) is 8.77. The van der Waals surface area contributed by atoms with E-state index in [9.17, 15) is 14.3 Å². The zero-order valence-corrected chi connectivity index (χ0v) is 14.8. The van der Waals surface area contributed by atoms with Crippen molar-refractivity contribution in [3.63, 3.8) is 0 Å². The van der Waals surface area contributed by atoms with E-state index >= 15 is 0 Å². The van der Waals surface area contributed by atoms with Gasteiger partial charge in [-0.2, -0.15) is 0 Å². The van der Waals surface area contributed by atoms with Crippen molar-refractivity contribution in [2.45, 2.75) is 25.0 Å². The second kappa shape index (κ2) is 7.08. The number of aliphatic hydroxyl groups excluding tert-OH is 1. The van der Waals surface area contributed by atoms with Crippen LogP contribution >= 0.6 is 0 Å². The van der Waals surface area contributed by atoms with Gasteiger partial charge in [0, 0.05) is 5.56 Å². The summed E-state index contributed by atoms with van der Waals surface area (Å²) in [7, 11) is 1.40. The Kier molecular flexibility index (Phi) is 4.61. The Bertz CT molecular complexity index is 865. The number of benzene rings is 2. The molecule has 0 bridgehead atoms. The Balaban J connectivity index is 1.58. The van der Waals surface area contributed by atoms with E-state index in [1.165, 1.54) is 13.2 Å². The minimum Gasteiger partial charge on any atom is -0.494 e. The molecule has 1 fully saturated rings. The summed E-state index contributed by atoms with van der Waals surface area (Å²) in [5, 5.41) is 12.6. The van der Waals surface area contributed by atoms with Crippen LogP contribution < -0.4 is 19.5 Å². The number of methoxy groups -OCH3 is 1. The van der Waals surface area contributed by atoms with Crippen LogP contribution in [0.1, 0.15) is 34.8 Å². The molecule has 2 aromatic rings. The molecule has 6 nitrogen and oxygen atoms in total. The van der Waals surface area contributed by atoms with Crippen molar-refractivity contribution in [2.24, 2.45) is 5.92 Å². The highest BCUT2D eigenvalue weighted by Crippen LogP contribution is 2.39. The van der Waals surface area contributed by atoms with Crippen LogP contribution in [0.4, 0.5) is 4.39 Å². The van der Waals surface area contributed by atoms with Gasteiger partial charge in [0.05, 0.1) is 19.3 Å². The first kappa shape index (κ1) is 17.6. The number of nitrogens with one attached hydrogen (secondary N) is 1. The van der Waals surface area contributed by atoms with E-state index in [2.05, 4.69) is 5.32 Å². The molecule has 2 N–H and O–H groups in total. The molecular formula is C20H20FNO5. The third-order valence-corrected chi connectivity index (χ3v) is 5.08. The molecule has 1 aliphatic heterocycles. The van der Waals surface area contributed by atoms with Crippen molar-refractivity contribution in [3.05, 3.63) is 53.3 Å². The predicted octanol–water partition coefficient (Wildman–Crippen LogP) is 2.81. The van der Waals surface area contributed by atoms with Crippen molar-refractivity contribution in [1.82, 2.24) is 5.32 Å². The Hall–Kier alpha value is -2.80. The molecule has 142 valence electrons. The molecule has 1 atom stereocenters. The Morgan fingerprint density at radius 1 is 1.22 bits per heavy atom. The van der Waals surface area contributed by atoms with Gasteiger partial charge in [0.2, 0.25) is 6.79 Å². The van der Waals surface area contributed by atoms with Crippen LogP contribution in [0, 0.1) is 11.7 Å². The Labute approximate surface area is 155 Å². The lowest BCUT2D eigenvalue weighted by molar-refractivity contribution is 0.0234. The zero-order valence-electron chi connectivity index (χ0n) is 14.8. The molecular weight excluding hydrogens is 353 g/mol. The number of hydrogen-bond donors (Lipinski definition) is 2. The summed E-state index contributed by atoms with van der Waals surface area (Å²) in [4.78, 5) is 12.8. The molecule has 2 aliphatic rings. The molecule has 0 saturated heterocycles. The maximum absolute atomic E-state index is 14.2. The van der Waals surface area contributed by atoms with Gasteiger partial charge in [0.15, 0.2) is 23.1 Å². The Morgan fingerprint density at radius 2 is 2.00 bits per heavy atom. The van der Waals surface area contributed by atoms with Gasteiger partial charge in [-0.05, 0) is 54.7 Å². The van der Waals surface area contributed by atoms with Crippen molar-refractivity contribution in [2.75, 3.05) is 13.9 Å². The van der Waals surface area contributed by atoms with Gasteiger partial charge in [-0.15, -0.1) is 0 Å². The molecule has 2 aromatic carbocycles. The second-order valence-corrected chi connectivity index (χ2v) is 6.80. The maximum Gasteiger partial charge on any atom is 0.251 e. The molecule has 4 rings (SSSR count). The average molecular weight is 373 g/mol. The molecule has 1 amide bonds. The van der Waals surface area contributed by atoms with Crippen LogP contribution in [0.25, 0.3) is 0 Å². The highest BCUT2D eigenvalue weighted by molar-refractivity contribution is 5.95. The fourth-order valence-electron chi connectivity index (χ4n) is 3.51. The number of rotatable bonds is 5. The smallest absolute Gasteiger partial charge is 0.251 e. The minimum absolute atomic E-state index is 0.0331. The maximum atomic E-state index is 14.2. The number of aliphatic hydroxyl groups is 1. The molecule has 27 heavy (non-hydrogen) atoms. The average Bonchev–Trinajstić information content (AvgIpc) is 3.11. The van der Waals surface area contributed by atoms with E-state index in [0.29, 0.717) is 35.5 Å². The first-order chi connectivity index (χ1) is 13.0. The molecule has 0 aromatic heterocycles. The lowest BCUT2D eigenvalue weighted by Gasteiger charge is -2.38. The summed E-state index contributed by atoms with van der Waals surface area (Å²) < 4.78 is 29.7. The summed E-state index contributed by atoms with van der Waals surface area (Å²) in [5.74, 6) is 0.517. The standard InChI is InChI=1S/C20H20FNO5/c1-25-16-4-2-11(8-15(16)21)19(13-6-14(23)7-13)22-20(24)12-3-5-17-18(9-12)27-10-26-17/h2-5,8-9,13-14,19,23H,6-7,10H2,1H3,(H,22,24)/t13?,14?,19-/m0/s1. The van der Waals surface area contributed by atoms with Gasteiger partial charge in [0.25, 0.3) is 5.91 Å². The van der Waals surface area contributed by atoms with Crippen molar-refractivity contribution < 1.29 is 28.5 Å². The van der Waals surface area contributed by atoms with E-state index in [1.807, 2.05) is 0 Å². The summed E-state index contributed by atoms with van der Waals surface area (Å²) >= 11 is 0. The van der Waals surface area contributed by atoms with Crippen LogP contribution in [-0.4, -0.2) is 31.0 Å². The SMILES string of the molecule is COc1ccc([C@H](NC(=O)c2ccc3c(c2)OCO3)C2CC(O)C2)cc1F. The van der Waals surface area contributed by atoms with Crippen LogP contribution in [0.15, 0.2) is 36.4 Å². The van der Waals surface area contributed by atoms with Gasteiger partial charge >= 0.3 is 0 Å². The highest BCUT2D eigenvalue weighted by atomic mass is 19.1. The molecule has 0 unspecified atom stereocenters. The van der Waals surface area contributed by atoms with E-state index in [4.69, 9.17) is 14.2 Å². The van der Waals surface area contributed by atoms with E-state index < -0.39 is 11.9 Å². The third kappa shape index (κ3) is 3.42. The quantitative estimate of drug-likeness (QED) is 0.843. The van der Waals surface area contributed by atoms with Gasteiger partial charge in [-0.1, -0.05) is 6.07 Å². The van der Waals surface area contributed by atoms with E-state index in [0.717, 1.165) is 0 Å². The van der Waals surface area contributed by atoms with Gasteiger partial charge in [0.1, 0.15) is 0 Å². The molecule has 1 aliphatic carbocycles. The molecule has 1 saturated carbocycles. The largest absolute Gasteiger partial charge is 0.494 e. The van der Waals surface area contributed by atoms with Crippen molar-refractivity contribution in [3.8, 4) is 17.2 Å². The topological polar surface area (TPSA) is 77.0 Å². The molecule has 7 heteroatoms. The van der Waals surface area contributed by atoms with Crippen LogP contribution in [0.3, 0.4) is 0 Å². The third-order valence-electron chi connectivity index (χ3n) is 5.08. The molecule has 0 radical (unpaired) electrons. The zero-order chi connectivity index (χ0) is 19.0. The highest BCUT2D eigenvalue weighted by Gasteiger charge is 2.36. The lowest BCUT2D eigenvalue weighted by atomic mass is 9.75. The monoisotopic (exact) mass is 373 g/mol. The summed E-state index contributed by atoms with van der Waals surface area (Å²) in [6, 6.07) is 9.20. The Morgan fingerprint density at radius 3 is 2.70 bits per heavy atom. The summed E-state index contributed by atoms with van der Waals surface area (Å²) in [5.41, 5.74) is 1.07. The number of halogens is 1. The number of hydrogen-bond acceptors (Lipinski definition) is 5. The summed E-state index contributed by atoms with van der Waals surface area (Å²) in [6.45, 7) is 0.133. The van der Waals surface area contributed by atoms with Crippen LogP contribution in [0.2, 0.25) is 0 Å². The minimum atomic E-state index is -0.489. The van der Waals surface area contributed by atoms with Crippen molar-refractivity contribution >= 4 is 5.91 Å². The van der Waals surface area contributed by atoms with Gasteiger partial charge < -0.3 is 24.6 Å². The molecule has 1 heterocycles. The fraction of sp³-hybridized carbons (Fsp3) is 0.350.